The van der Waals surface area contributed by atoms with E-state index < -0.39 is 0 Å². The molecule has 0 amide bonds. The minimum atomic E-state index is -0.254. The van der Waals surface area contributed by atoms with Gasteiger partial charge in [-0.25, -0.2) is 0 Å². The average molecular weight is 229 g/mol. The molecule has 0 spiro atoms. The molecule has 3 nitrogen and oxygen atoms in total. The van der Waals surface area contributed by atoms with Crippen LogP contribution in [0.2, 0.25) is 0 Å². The standard InChI is InChI=1S/C13H27NO2/c1-11(15)13(2,3)10-14-7-5-6-12(8-14)9-16-4/h11-12,15H,5-10H2,1-4H3. The second kappa shape index (κ2) is 5.99. The van der Waals surface area contributed by atoms with E-state index in [1.54, 1.807) is 7.11 Å². The molecule has 1 saturated heterocycles. The van der Waals surface area contributed by atoms with Crippen LogP contribution in [0, 0.1) is 11.3 Å². The number of aliphatic hydroxyl groups is 1. The number of methoxy groups -OCH3 is 1. The molecule has 96 valence electrons. The lowest BCUT2D eigenvalue weighted by Crippen LogP contribution is -2.45. The van der Waals surface area contributed by atoms with Crippen molar-refractivity contribution in [2.24, 2.45) is 11.3 Å². The Morgan fingerprint density at radius 2 is 2.19 bits per heavy atom. The molecule has 0 aliphatic carbocycles. The molecule has 1 heterocycles. The van der Waals surface area contributed by atoms with Crippen LogP contribution in [0.4, 0.5) is 0 Å². The van der Waals surface area contributed by atoms with Gasteiger partial charge in [-0.2, -0.15) is 0 Å². The van der Waals surface area contributed by atoms with Crippen LogP contribution in [-0.4, -0.2) is 49.5 Å². The van der Waals surface area contributed by atoms with E-state index in [0.717, 1.165) is 26.2 Å². The van der Waals surface area contributed by atoms with Crippen LogP contribution >= 0.6 is 0 Å². The van der Waals surface area contributed by atoms with Crippen molar-refractivity contribution in [1.82, 2.24) is 4.90 Å². The van der Waals surface area contributed by atoms with E-state index in [9.17, 15) is 5.11 Å². The van der Waals surface area contributed by atoms with Gasteiger partial charge in [-0.3, -0.25) is 0 Å². The predicted octanol–water partition coefficient (Wildman–Crippen LogP) is 1.75. The molecule has 0 radical (unpaired) electrons. The van der Waals surface area contributed by atoms with E-state index in [4.69, 9.17) is 4.74 Å². The first kappa shape index (κ1) is 13.9. The summed E-state index contributed by atoms with van der Waals surface area (Å²) in [5, 5.41) is 9.73. The fourth-order valence-electron chi connectivity index (χ4n) is 2.38. The van der Waals surface area contributed by atoms with Crippen LogP contribution in [0.3, 0.4) is 0 Å². The number of hydrogen-bond acceptors (Lipinski definition) is 3. The van der Waals surface area contributed by atoms with Crippen molar-refractivity contribution < 1.29 is 9.84 Å². The summed E-state index contributed by atoms with van der Waals surface area (Å²) in [6.07, 6.45) is 2.28. The Hall–Kier alpha value is -0.120. The van der Waals surface area contributed by atoms with E-state index in [1.807, 2.05) is 6.92 Å². The van der Waals surface area contributed by atoms with Crippen molar-refractivity contribution in [3.8, 4) is 0 Å². The molecule has 0 saturated carbocycles. The van der Waals surface area contributed by atoms with Crippen LogP contribution in [0.1, 0.15) is 33.6 Å². The monoisotopic (exact) mass is 229 g/mol. The zero-order valence-electron chi connectivity index (χ0n) is 11.2. The number of rotatable bonds is 5. The summed E-state index contributed by atoms with van der Waals surface area (Å²) in [6, 6.07) is 0. The molecule has 2 unspecified atom stereocenters. The maximum absolute atomic E-state index is 9.73. The number of nitrogens with zero attached hydrogens (tertiary/aromatic N) is 1. The summed E-state index contributed by atoms with van der Waals surface area (Å²) < 4.78 is 5.23. The SMILES string of the molecule is COCC1CCCN(CC(C)(C)C(C)O)C1. The van der Waals surface area contributed by atoms with Gasteiger partial charge in [-0.05, 0) is 32.2 Å². The highest BCUT2D eigenvalue weighted by molar-refractivity contribution is 4.82. The van der Waals surface area contributed by atoms with Gasteiger partial charge in [0.15, 0.2) is 0 Å². The lowest BCUT2D eigenvalue weighted by atomic mass is 9.85. The highest BCUT2D eigenvalue weighted by atomic mass is 16.5. The maximum atomic E-state index is 9.73. The molecule has 0 aromatic carbocycles. The van der Waals surface area contributed by atoms with Gasteiger partial charge in [0.2, 0.25) is 0 Å². The molecule has 1 aliphatic rings. The third-order valence-electron chi connectivity index (χ3n) is 3.77. The van der Waals surface area contributed by atoms with E-state index in [0.29, 0.717) is 5.92 Å². The largest absolute Gasteiger partial charge is 0.393 e. The van der Waals surface area contributed by atoms with E-state index in [2.05, 4.69) is 18.7 Å². The second-order valence-corrected chi connectivity index (χ2v) is 5.86. The molecule has 2 atom stereocenters. The fourth-order valence-corrected chi connectivity index (χ4v) is 2.38. The summed E-state index contributed by atoms with van der Waals surface area (Å²) in [6.45, 7) is 10.3. The lowest BCUT2D eigenvalue weighted by molar-refractivity contribution is 0.0137. The minimum absolute atomic E-state index is 0.0189. The van der Waals surface area contributed by atoms with Crippen molar-refractivity contribution in [3.63, 3.8) is 0 Å². The Kier molecular flexibility index (Phi) is 5.22. The minimum Gasteiger partial charge on any atom is -0.393 e. The first-order valence-electron chi connectivity index (χ1n) is 6.35. The maximum Gasteiger partial charge on any atom is 0.0575 e. The second-order valence-electron chi connectivity index (χ2n) is 5.86. The van der Waals surface area contributed by atoms with Crippen LogP contribution < -0.4 is 0 Å². The highest BCUT2D eigenvalue weighted by Gasteiger charge is 2.29. The van der Waals surface area contributed by atoms with E-state index in [-0.39, 0.29) is 11.5 Å². The van der Waals surface area contributed by atoms with Crippen LogP contribution in [0.25, 0.3) is 0 Å². The molecule has 0 aromatic rings. The number of hydrogen-bond donors (Lipinski definition) is 1. The van der Waals surface area contributed by atoms with Gasteiger partial charge >= 0.3 is 0 Å². The Labute approximate surface area is 99.8 Å². The highest BCUT2D eigenvalue weighted by Crippen LogP contribution is 2.25. The molecule has 1 fully saturated rings. The Morgan fingerprint density at radius 1 is 1.50 bits per heavy atom. The van der Waals surface area contributed by atoms with Crippen LogP contribution in [-0.2, 0) is 4.74 Å². The summed E-state index contributed by atoms with van der Waals surface area (Å²) in [7, 11) is 1.78. The van der Waals surface area contributed by atoms with Gasteiger partial charge in [-0.1, -0.05) is 13.8 Å². The Bertz CT molecular complexity index is 202. The molecule has 0 aromatic heterocycles. The molecule has 3 heteroatoms. The fraction of sp³-hybridized carbons (Fsp3) is 1.00. The zero-order chi connectivity index (χ0) is 12.2. The zero-order valence-corrected chi connectivity index (χ0v) is 11.2. The predicted molar refractivity (Wildman–Crippen MR) is 66.5 cm³/mol. The van der Waals surface area contributed by atoms with Crippen molar-refractivity contribution in [1.29, 1.82) is 0 Å². The van der Waals surface area contributed by atoms with Gasteiger partial charge in [0.1, 0.15) is 0 Å². The number of ether oxygens (including phenoxy) is 1. The Balaban J connectivity index is 2.42. The van der Waals surface area contributed by atoms with Gasteiger partial charge in [0.25, 0.3) is 0 Å². The van der Waals surface area contributed by atoms with Gasteiger partial charge in [0, 0.05) is 25.6 Å². The van der Waals surface area contributed by atoms with Gasteiger partial charge in [0.05, 0.1) is 12.7 Å². The van der Waals surface area contributed by atoms with Crippen molar-refractivity contribution in [3.05, 3.63) is 0 Å². The summed E-state index contributed by atoms with van der Waals surface area (Å²) in [5.74, 6) is 0.670. The van der Waals surface area contributed by atoms with E-state index >= 15 is 0 Å². The smallest absolute Gasteiger partial charge is 0.0575 e. The number of piperidine rings is 1. The first-order valence-corrected chi connectivity index (χ1v) is 6.35. The Morgan fingerprint density at radius 3 is 2.75 bits per heavy atom. The molecule has 1 N–H and O–H groups in total. The number of likely N-dealkylation sites (tertiary alicyclic amines) is 1. The molecular formula is C13H27NO2. The summed E-state index contributed by atoms with van der Waals surface area (Å²) in [4.78, 5) is 2.47. The van der Waals surface area contributed by atoms with Gasteiger partial charge in [-0.15, -0.1) is 0 Å². The molecule has 0 bridgehead atoms. The number of aliphatic hydroxyl groups excluding tert-OH is 1. The van der Waals surface area contributed by atoms with Crippen molar-refractivity contribution in [2.75, 3.05) is 33.4 Å². The summed E-state index contributed by atoms with van der Waals surface area (Å²) >= 11 is 0. The van der Waals surface area contributed by atoms with Crippen LogP contribution in [0.15, 0.2) is 0 Å². The van der Waals surface area contributed by atoms with Crippen molar-refractivity contribution in [2.45, 2.75) is 39.7 Å². The quantitative estimate of drug-likeness (QED) is 0.779. The van der Waals surface area contributed by atoms with Crippen molar-refractivity contribution >= 4 is 0 Å². The van der Waals surface area contributed by atoms with Gasteiger partial charge < -0.3 is 14.7 Å². The summed E-state index contributed by atoms with van der Waals surface area (Å²) in [5.41, 5.74) is -0.0189. The van der Waals surface area contributed by atoms with Crippen LogP contribution in [0.5, 0.6) is 0 Å². The third-order valence-corrected chi connectivity index (χ3v) is 3.77. The normalized spacial score (nSPS) is 25.7. The lowest BCUT2D eigenvalue weighted by Gasteiger charge is -2.39. The first-order chi connectivity index (χ1) is 7.45. The molecule has 16 heavy (non-hydrogen) atoms. The third kappa shape index (κ3) is 4.04. The topological polar surface area (TPSA) is 32.7 Å². The van der Waals surface area contributed by atoms with E-state index in [1.165, 1.54) is 12.8 Å². The average Bonchev–Trinajstić information content (AvgIpc) is 2.17. The molecular weight excluding hydrogens is 202 g/mol. The molecule has 1 rings (SSSR count). The molecule has 1 aliphatic heterocycles.